The molecule has 7 nitrogen and oxygen atoms in total. The van der Waals surface area contributed by atoms with Crippen LogP contribution in [0.15, 0.2) is 52.3 Å². The fraction of sp³-hybridized carbons (Fsp3) is 0.150. The fourth-order valence-corrected chi connectivity index (χ4v) is 4.54. The van der Waals surface area contributed by atoms with Gasteiger partial charge in [0.1, 0.15) is 29.4 Å². The number of amides is 1. The highest BCUT2D eigenvalue weighted by Crippen LogP contribution is 2.30. The molecular formula is C20H15FN4O3S. The second-order valence-corrected chi connectivity index (χ2v) is 7.62. The van der Waals surface area contributed by atoms with E-state index in [1.165, 1.54) is 22.8 Å². The van der Waals surface area contributed by atoms with Crippen LogP contribution in [-0.4, -0.2) is 24.3 Å². The molecule has 9 heteroatoms. The molecule has 1 amide bonds. The fourth-order valence-electron chi connectivity index (χ4n) is 3.48. The number of ether oxygens (including phenoxy) is 1. The third-order valence-corrected chi connectivity index (χ3v) is 6.06. The van der Waals surface area contributed by atoms with Gasteiger partial charge in [-0.15, -0.1) is 0 Å². The Kier molecular flexibility index (Phi) is 3.99. The number of carbonyl (C=O) groups excluding carboxylic acids is 1. The molecule has 0 bridgehead atoms. The third kappa shape index (κ3) is 2.82. The van der Waals surface area contributed by atoms with E-state index in [0.29, 0.717) is 29.4 Å². The van der Waals surface area contributed by atoms with Gasteiger partial charge in [0.05, 0.1) is 12.7 Å². The first-order valence-electron chi connectivity index (χ1n) is 8.84. The van der Waals surface area contributed by atoms with Crippen molar-refractivity contribution in [3.05, 3.63) is 73.5 Å². The molecule has 2 aliphatic rings. The van der Waals surface area contributed by atoms with Crippen LogP contribution in [0, 0.1) is 5.82 Å². The van der Waals surface area contributed by atoms with Crippen LogP contribution in [0.25, 0.3) is 5.57 Å². The topological polar surface area (TPSA) is 75.9 Å². The van der Waals surface area contributed by atoms with Crippen LogP contribution in [0.5, 0.6) is 5.75 Å². The Bertz CT molecular complexity index is 1330. The highest BCUT2D eigenvalue weighted by Gasteiger charge is 2.28. The molecule has 0 radical (unpaired) electrons. The van der Waals surface area contributed by atoms with Gasteiger partial charge < -0.3 is 15.0 Å². The lowest BCUT2D eigenvalue weighted by Crippen LogP contribution is -2.43. The van der Waals surface area contributed by atoms with Gasteiger partial charge in [0.15, 0.2) is 4.80 Å². The number of anilines is 2. The molecule has 2 aromatic carbocycles. The van der Waals surface area contributed by atoms with Gasteiger partial charge in [0.2, 0.25) is 0 Å². The summed E-state index contributed by atoms with van der Waals surface area (Å²) in [5.41, 5.74) is 1.69. The van der Waals surface area contributed by atoms with Crippen molar-refractivity contribution >= 4 is 34.2 Å². The lowest BCUT2D eigenvalue weighted by Gasteiger charge is -2.25. The van der Waals surface area contributed by atoms with Gasteiger partial charge >= 0.3 is 0 Å². The summed E-state index contributed by atoms with van der Waals surface area (Å²) < 4.78 is 20.7. The number of hydrogen-bond acceptors (Lipinski definition) is 6. The van der Waals surface area contributed by atoms with Gasteiger partial charge in [0.25, 0.3) is 11.5 Å². The molecule has 0 saturated carbocycles. The van der Waals surface area contributed by atoms with E-state index in [1.807, 2.05) is 29.2 Å². The zero-order chi connectivity index (χ0) is 20.1. The molecular weight excluding hydrogens is 395 g/mol. The van der Waals surface area contributed by atoms with Gasteiger partial charge in [-0.05, 0) is 42.5 Å². The molecule has 0 saturated heterocycles. The summed E-state index contributed by atoms with van der Waals surface area (Å²) in [5.74, 6) is -0.128. The minimum Gasteiger partial charge on any atom is -0.497 e. The van der Waals surface area contributed by atoms with Crippen LogP contribution >= 0.6 is 11.3 Å². The lowest BCUT2D eigenvalue weighted by atomic mass is 10.1. The number of nitrogens with zero attached hydrogens (tertiary/aromatic N) is 3. The van der Waals surface area contributed by atoms with Crippen molar-refractivity contribution in [2.75, 3.05) is 24.0 Å². The summed E-state index contributed by atoms with van der Waals surface area (Å²) in [7, 11) is 1.60. The number of carbonyl (C=O) groups is 1. The average molecular weight is 410 g/mol. The Balaban J connectivity index is 1.61. The zero-order valence-electron chi connectivity index (χ0n) is 15.3. The van der Waals surface area contributed by atoms with Crippen LogP contribution in [0.2, 0.25) is 0 Å². The molecule has 1 N–H and O–H groups in total. The number of hydrogen-bond donors (Lipinski definition) is 1. The molecule has 3 aromatic rings. The van der Waals surface area contributed by atoms with Crippen molar-refractivity contribution in [2.24, 2.45) is 4.99 Å². The van der Waals surface area contributed by atoms with Crippen molar-refractivity contribution in [3.8, 4) is 5.75 Å². The molecule has 0 unspecified atom stereocenters. The van der Waals surface area contributed by atoms with E-state index < -0.39 is 11.7 Å². The molecule has 1 aromatic heterocycles. The minimum absolute atomic E-state index is 0.197. The summed E-state index contributed by atoms with van der Waals surface area (Å²) in [6.45, 7) is 0.698. The summed E-state index contributed by atoms with van der Waals surface area (Å²) in [6, 6.07) is 11.5. The molecule has 5 rings (SSSR count). The summed E-state index contributed by atoms with van der Waals surface area (Å²) >= 11 is 1.15. The van der Waals surface area contributed by atoms with Gasteiger partial charge in [-0.25, -0.2) is 9.38 Å². The van der Waals surface area contributed by atoms with E-state index in [4.69, 9.17) is 4.74 Å². The highest BCUT2D eigenvalue weighted by molar-refractivity contribution is 7.07. The van der Waals surface area contributed by atoms with Crippen molar-refractivity contribution in [1.82, 2.24) is 4.57 Å². The Hall–Kier alpha value is -3.46. The molecule has 0 fully saturated rings. The Labute approximate surface area is 168 Å². The molecule has 29 heavy (non-hydrogen) atoms. The predicted molar refractivity (Wildman–Crippen MR) is 107 cm³/mol. The Morgan fingerprint density at radius 1 is 1.17 bits per heavy atom. The molecule has 0 atom stereocenters. The molecule has 3 heterocycles. The SMILES string of the molecule is COc1ccc(N2CN=c3s/c(=C4\C(=O)Nc5ccc(F)cc54)c(=O)n3C2)cc1. The number of benzene rings is 2. The minimum atomic E-state index is -0.463. The summed E-state index contributed by atoms with van der Waals surface area (Å²) in [5, 5.41) is 2.69. The monoisotopic (exact) mass is 410 g/mol. The van der Waals surface area contributed by atoms with E-state index in [0.717, 1.165) is 22.8 Å². The van der Waals surface area contributed by atoms with E-state index in [9.17, 15) is 14.0 Å². The quantitative estimate of drug-likeness (QED) is 0.690. The van der Waals surface area contributed by atoms with Crippen LogP contribution in [0.4, 0.5) is 15.8 Å². The first-order chi connectivity index (χ1) is 14.0. The Morgan fingerprint density at radius 3 is 2.72 bits per heavy atom. The van der Waals surface area contributed by atoms with Crippen molar-refractivity contribution < 1.29 is 13.9 Å². The van der Waals surface area contributed by atoms with E-state index >= 15 is 0 Å². The number of methoxy groups -OCH3 is 1. The second kappa shape index (κ2) is 6.56. The largest absolute Gasteiger partial charge is 0.497 e. The van der Waals surface area contributed by atoms with Crippen molar-refractivity contribution in [1.29, 1.82) is 0 Å². The normalized spacial score (nSPS) is 16.8. The average Bonchev–Trinajstić information content (AvgIpc) is 3.23. The van der Waals surface area contributed by atoms with Crippen LogP contribution in [0.3, 0.4) is 0 Å². The molecule has 2 aliphatic heterocycles. The van der Waals surface area contributed by atoms with Gasteiger partial charge in [-0.1, -0.05) is 11.3 Å². The standard InChI is InChI=1S/C20H15FN4O3S/c1-28-13-5-3-12(4-6-13)24-9-22-20-25(10-24)19(27)17(29-20)16-14-8-11(21)2-7-15(14)23-18(16)26/h2-8H,9-10H2,1H3,(H,23,26)/b17-16-. The van der Waals surface area contributed by atoms with Crippen LogP contribution in [-0.2, 0) is 11.5 Å². The molecule has 0 spiro atoms. The van der Waals surface area contributed by atoms with E-state index in [1.54, 1.807) is 7.11 Å². The maximum atomic E-state index is 13.7. The zero-order valence-corrected chi connectivity index (χ0v) is 16.1. The van der Waals surface area contributed by atoms with E-state index in [2.05, 4.69) is 10.3 Å². The predicted octanol–water partition coefficient (Wildman–Crippen LogP) is 1.26. The van der Waals surface area contributed by atoms with Crippen molar-refractivity contribution in [2.45, 2.75) is 6.67 Å². The summed E-state index contributed by atoms with van der Waals surface area (Å²) in [6.07, 6.45) is 0. The van der Waals surface area contributed by atoms with Gasteiger partial charge in [0, 0.05) is 16.9 Å². The van der Waals surface area contributed by atoms with Crippen LogP contribution in [0.1, 0.15) is 5.56 Å². The van der Waals surface area contributed by atoms with Crippen molar-refractivity contribution in [3.63, 3.8) is 0 Å². The Morgan fingerprint density at radius 2 is 1.97 bits per heavy atom. The number of thiazole rings is 1. The lowest BCUT2D eigenvalue weighted by molar-refractivity contribution is -0.110. The number of rotatable bonds is 2. The first-order valence-corrected chi connectivity index (χ1v) is 9.65. The van der Waals surface area contributed by atoms with Gasteiger partial charge in [-0.2, -0.15) is 0 Å². The van der Waals surface area contributed by atoms with E-state index in [-0.39, 0.29) is 15.7 Å². The number of aromatic nitrogens is 1. The number of halogens is 1. The third-order valence-electron chi connectivity index (χ3n) is 4.94. The molecule has 146 valence electrons. The molecule has 0 aliphatic carbocycles. The maximum absolute atomic E-state index is 13.7. The maximum Gasteiger partial charge on any atom is 0.272 e. The van der Waals surface area contributed by atoms with Gasteiger partial charge in [-0.3, -0.25) is 14.2 Å². The first kappa shape index (κ1) is 17.6. The number of fused-ring (bicyclic) bond motifs is 2. The smallest absolute Gasteiger partial charge is 0.272 e. The van der Waals surface area contributed by atoms with Crippen LogP contribution < -0.4 is 29.8 Å². The second-order valence-electron chi connectivity index (χ2n) is 6.64. The number of nitrogens with one attached hydrogen (secondary N) is 1. The summed E-state index contributed by atoms with van der Waals surface area (Å²) in [4.78, 5) is 32.6. The highest BCUT2D eigenvalue weighted by atomic mass is 32.1.